The lowest BCUT2D eigenvalue weighted by Gasteiger charge is -2.19. The van der Waals surface area contributed by atoms with Gasteiger partial charge in [-0.25, -0.2) is 0 Å². The van der Waals surface area contributed by atoms with Crippen LogP contribution in [0.5, 0.6) is 0 Å². The first kappa shape index (κ1) is 6.12. The third-order valence-corrected chi connectivity index (χ3v) is 2.44. The molecule has 0 bridgehead atoms. The zero-order valence-electron chi connectivity index (χ0n) is 5.91. The fraction of sp³-hybridized carbons (Fsp3) is 0.875. The lowest BCUT2D eigenvalue weighted by molar-refractivity contribution is 0.407. The van der Waals surface area contributed by atoms with Crippen LogP contribution in [0.4, 0.5) is 0 Å². The van der Waals surface area contributed by atoms with E-state index in [0.717, 1.165) is 0 Å². The molecule has 0 aromatic rings. The van der Waals surface area contributed by atoms with E-state index in [1.807, 2.05) is 0 Å². The maximum atomic E-state index is 2.36. The maximum Gasteiger partial charge on any atom is -0.0297 e. The van der Waals surface area contributed by atoms with Gasteiger partial charge in [0.05, 0.1) is 0 Å². The molecular formula is C8H15. The quantitative estimate of drug-likeness (QED) is 0.488. The predicted octanol–water partition coefficient (Wildman–Crippen LogP) is 2.79. The van der Waals surface area contributed by atoms with Gasteiger partial charge in [-0.05, 0) is 24.7 Å². The number of hydrogen-bond donors (Lipinski definition) is 0. The van der Waals surface area contributed by atoms with Crippen LogP contribution in [-0.4, -0.2) is 0 Å². The van der Waals surface area contributed by atoms with E-state index < -0.39 is 0 Å². The molecule has 47 valence electrons. The summed E-state index contributed by atoms with van der Waals surface area (Å²) in [7, 11) is 0. The van der Waals surface area contributed by atoms with E-state index in [0.29, 0.717) is 5.41 Å². The highest BCUT2D eigenvalue weighted by molar-refractivity contribution is 4.89. The zero-order valence-corrected chi connectivity index (χ0v) is 5.91. The molecule has 1 fully saturated rings. The van der Waals surface area contributed by atoms with Crippen LogP contribution < -0.4 is 0 Å². The fourth-order valence-corrected chi connectivity index (χ4v) is 1.47. The molecule has 1 saturated carbocycles. The van der Waals surface area contributed by atoms with E-state index in [9.17, 15) is 0 Å². The summed E-state index contributed by atoms with van der Waals surface area (Å²) in [5, 5.41) is 0. The average Bonchev–Trinajstić information content (AvgIpc) is 2.17. The Balaban J connectivity index is 2.40. The molecule has 0 aliphatic heterocycles. The minimum absolute atomic E-state index is 0.611. The second-order valence-corrected chi connectivity index (χ2v) is 3.15. The smallest absolute Gasteiger partial charge is 0.0297 e. The zero-order chi connectivity index (χ0) is 6.04. The van der Waals surface area contributed by atoms with Crippen LogP contribution in [0.3, 0.4) is 0 Å². The summed E-state index contributed by atoms with van der Waals surface area (Å²) >= 11 is 0. The second kappa shape index (κ2) is 2.08. The first-order valence-corrected chi connectivity index (χ1v) is 3.57. The Bertz CT molecular complexity index is 68.1. The Morgan fingerprint density at radius 3 is 2.00 bits per heavy atom. The van der Waals surface area contributed by atoms with Crippen LogP contribution in [0.2, 0.25) is 0 Å². The number of hydrogen-bond acceptors (Lipinski definition) is 0. The van der Waals surface area contributed by atoms with Crippen LogP contribution in [0.15, 0.2) is 0 Å². The summed E-state index contributed by atoms with van der Waals surface area (Å²) in [6.07, 6.45) is 8.09. The third-order valence-electron chi connectivity index (χ3n) is 2.44. The standard InChI is InChI=1S/C8H15/c1-3-8(2)6-4-5-7-8/h3H,4-7H2,1-2H3. The topological polar surface area (TPSA) is 0 Å². The second-order valence-electron chi connectivity index (χ2n) is 3.15. The summed E-state index contributed by atoms with van der Waals surface area (Å²) in [4.78, 5) is 0. The average molecular weight is 111 g/mol. The fourth-order valence-electron chi connectivity index (χ4n) is 1.47. The Kier molecular flexibility index (Phi) is 1.59. The van der Waals surface area contributed by atoms with Crippen LogP contribution in [0, 0.1) is 11.8 Å². The van der Waals surface area contributed by atoms with Crippen molar-refractivity contribution < 1.29 is 0 Å². The molecule has 1 aliphatic rings. The molecule has 0 spiro atoms. The predicted molar refractivity (Wildman–Crippen MR) is 36.5 cm³/mol. The van der Waals surface area contributed by atoms with Crippen LogP contribution in [0.1, 0.15) is 39.5 Å². The van der Waals surface area contributed by atoms with Gasteiger partial charge in [0.2, 0.25) is 0 Å². The van der Waals surface area contributed by atoms with Gasteiger partial charge in [-0.3, -0.25) is 0 Å². The molecule has 0 heteroatoms. The van der Waals surface area contributed by atoms with Crippen molar-refractivity contribution in [3.8, 4) is 0 Å². The SMILES string of the molecule is C[CH]C1(C)CCCC1. The first-order chi connectivity index (χ1) is 3.77. The van der Waals surface area contributed by atoms with Crippen LogP contribution >= 0.6 is 0 Å². The largest absolute Gasteiger partial charge is 0.0617 e. The normalized spacial score (nSPS) is 26.2. The van der Waals surface area contributed by atoms with Crippen molar-refractivity contribution in [2.24, 2.45) is 5.41 Å². The lowest BCUT2D eigenvalue weighted by atomic mass is 9.86. The van der Waals surface area contributed by atoms with Crippen molar-refractivity contribution in [2.45, 2.75) is 39.5 Å². The van der Waals surface area contributed by atoms with Gasteiger partial charge in [0.25, 0.3) is 0 Å². The summed E-state index contributed by atoms with van der Waals surface area (Å²) in [6, 6.07) is 0. The van der Waals surface area contributed by atoms with Gasteiger partial charge < -0.3 is 0 Å². The third kappa shape index (κ3) is 1.04. The molecule has 0 aromatic heterocycles. The van der Waals surface area contributed by atoms with E-state index in [1.54, 1.807) is 0 Å². The van der Waals surface area contributed by atoms with Crippen molar-refractivity contribution in [2.75, 3.05) is 0 Å². The molecule has 1 aliphatic carbocycles. The molecule has 1 rings (SSSR count). The van der Waals surface area contributed by atoms with Gasteiger partial charge in [0.15, 0.2) is 0 Å². The highest BCUT2D eigenvalue weighted by Gasteiger charge is 2.25. The molecular weight excluding hydrogens is 96.1 g/mol. The van der Waals surface area contributed by atoms with Crippen molar-refractivity contribution in [3.05, 3.63) is 6.42 Å². The van der Waals surface area contributed by atoms with Crippen LogP contribution in [-0.2, 0) is 0 Å². The summed E-state index contributed by atoms with van der Waals surface area (Å²) < 4.78 is 0. The molecule has 0 amide bonds. The highest BCUT2D eigenvalue weighted by Crippen LogP contribution is 2.39. The van der Waals surface area contributed by atoms with Gasteiger partial charge in [0.1, 0.15) is 0 Å². The molecule has 0 atom stereocenters. The minimum Gasteiger partial charge on any atom is -0.0617 e. The van der Waals surface area contributed by atoms with Crippen molar-refractivity contribution >= 4 is 0 Å². The maximum absolute atomic E-state index is 2.36. The van der Waals surface area contributed by atoms with E-state index in [2.05, 4.69) is 20.3 Å². The van der Waals surface area contributed by atoms with E-state index >= 15 is 0 Å². The molecule has 0 N–H and O–H groups in total. The monoisotopic (exact) mass is 111 g/mol. The first-order valence-electron chi connectivity index (χ1n) is 3.57. The van der Waals surface area contributed by atoms with E-state index in [1.165, 1.54) is 25.7 Å². The highest BCUT2D eigenvalue weighted by atomic mass is 14.3. The molecule has 0 aromatic carbocycles. The Morgan fingerprint density at radius 1 is 1.25 bits per heavy atom. The van der Waals surface area contributed by atoms with Gasteiger partial charge >= 0.3 is 0 Å². The van der Waals surface area contributed by atoms with Crippen molar-refractivity contribution in [1.82, 2.24) is 0 Å². The summed E-state index contributed by atoms with van der Waals surface area (Å²) in [6.45, 7) is 4.55. The molecule has 0 nitrogen and oxygen atoms in total. The summed E-state index contributed by atoms with van der Waals surface area (Å²) in [5.74, 6) is 0. The molecule has 0 unspecified atom stereocenters. The van der Waals surface area contributed by atoms with Crippen LogP contribution in [0.25, 0.3) is 0 Å². The summed E-state index contributed by atoms with van der Waals surface area (Å²) in [5.41, 5.74) is 0.611. The molecule has 1 radical (unpaired) electrons. The molecule has 0 saturated heterocycles. The minimum atomic E-state index is 0.611. The Hall–Kier alpha value is 0. The van der Waals surface area contributed by atoms with Gasteiger partial charge in [-0.15, -0.1) is 0 Å². The van der Waals surface area contributed by atoms with E-state index in [4.69, 9.17) is 0 Å². The number of rotatable bonds is 1. The Morgan fingerprint density at radius 2 is 1.75 bits per heavy atom. The molecule has 0 heterocycles. The van der Waals surface area contributed by atoms with E-state index in [-0.39, 0.29) is 0 Å². The Labute approximate surface area is 52.3 Å². The van der Waals surface area contributed by atoms with Gasteiger partial charge in [0, 0.05) is 0 Å². The van der Waals surface area contributed by atoms with Gasteiger partial charge in [-0.1, -0.05) is 26.7 Å². The van der Waals surface area contributed by atoms with Crippen molar-refractivity contribution in [1.29, 1.82) is 0 Å². The van der Waals surface area contributed by atoms with Crippen molar-refractivity contribution in [3.63, 3.8) is 0 Å². The van der Waals surface area contributed by atoms with Gasteiger partial charge in [-0.2, -0.15) is 0 Å². The molecule has 8 heavy (non-hydrogen) atoms. The lowest BCUT2D eigenvalue weighted by Crippen LogP contribution is -2.08.